The lowest BCUT2D eigenvalue weighted by molar-refractivity contribution is -0.384. The second-order valence-corrected chi connectivity index (χ2v) is 11.1. The molecule has 0 aromatic heterocycles. The number of hydrogen-bond donors (Lipinski definition) is 2. The molecule has 0 spiro atoms. The first-order valence-corrected chi connectivity index (χ1v) is 14.6. The highest BCUT2D eigenvalue weighted by Gasteiger charge is 2.39. The Balaban J connectivity index is 1.47. The molecule has 1 heterocycles. The molecule has 4 rings (SSSR count). The summed E-state index contributed by atoms with van der Waals surface area (Å²) in [5, 5.41) is 16.9. The third-order valence-electron chi connectivity index (χ3n) is 6.23. The molecule has 1 aliphatic heterocycles. The fourth-order valence-electron chi connectivity index (χ4n) is 4.10. The normalized spacial score (nSPS) is 15.8. The summed E-state index contributed by atoms with van der Waals surface area (Å²) in [5.74, 6) is -0.144. The topological polar surface area (TPSA) is 126 Å². The highest BCUT2D eigenvalue weighted by Crippen LogP contribution is 2.36. The van der Waals surface area contributed by atoms with Crippen molar-refractivity contribution in [1.29, 1.82) is 0 Å². The number of nitrogens with zero attached hydrogens (tertiary/aromatic N) is 3. The average molecular weight is 650 g/mol. The molecule has 3 aromatic carbocycles. The van der Waals surface area contributed by atoms with E-state index in [0.717, 1.165) is 30.3 Å². The van der Waals surface area contributed by atoms with Gasteiger partial charge in [0.25, 0.3) is 5.69 Å². The lowest BCUT2D eigenvalue weighted by atomic mass is 10.1. The van der Waals surface area contributed by atoms with E-state index >= 15 is 0 Å². The van der Waals surface area contributed by atoms with Crippen LogP contribution in [-0.2, 0) is 15.8 Å². The Labute approximate surface area is 259 Å². The van der Waals surface area contributed by atoms with Gasteiger partial charge in [0.1, 0.15) is 16.7 Å². The molecule has 0 saturated carbocycles. The fraction of sp³-hybridized carbons (Fsp3) is 0.276. The standard InChI is InChI=1S/C29H27ClF3N5O5S/c1-2-15-43-22-10-8-20(9-11-22)35-26(39)17-25-27(40)37(28(44-25)36-21-6-4-19(30)5-7-21)14-13-34-23-12-3-18(29(31,32)33)16-24(23)38(41)42/h3-12,16,25,34H,2,13-15,17H2,1H3,(H,35,39). The SMILES string of the molecule is CCCOc1ccc(NC(=O)CC2SC(=Nc3ccc(Cl)cc3)N(CCNc3ccc(C(F)(F)F)cc3[N+](=O)[O-])C2=O)cc1. The number of carbonyl (C=O) groups excluding carboxylic acids is 2. The Hall–Kier alpha value is -4.30. The number of amides is 2. The monoisotopic (exact) mass is 649 g/mol. The number of rotatable bonds is 12. The summed E-state index contributed by atoms with van der Waals surface area (Å²) in [7, 11) is 0. The molecule has 1 saturated heterocycles. The predicted octanol–water partition coefficient (Wildman–Crippen LogP) is 7.13. The zero-order valence-electron chi connectivity index (χ0n) is 23.3. The molecular weight excluding hydrogens is 623 g/mol. The second kappa shape index (κ2) is 14.4. The minimum atomic E-state index is -4.75. The van der Waals surface area contributed by atoms with Crippen molar-refractivity contribution < 1.29 is 32.4 Å². The molecule has 1 aliphatic rings. The van der Waals surface area contributed by atoms with Gasteiger partial charge in [-0.25, -0.2) is 4.99 Å². The van der Waals surface area contributed by atoms with E-state index < -0.39 is 39.4 Å². The van der Waals surface area contributed by atoms with Gasteiger partial charge in [-0.15, -0.1) is 0 Å². The van der Waals surface area contributed by atoms with Crippen LogP contribution in [-0.4, -0.2) is 51.8 Å². The number of thioether (sulfide) groups is 1. The number of carbonyl (C=O) groups is 2. The summed E-state index contributed by atoms with van der Waals surface area (Å²) in [6.07, 6.45) is -4.05. The van der Waals surface area contributed by atoms with Gasteiger partial charge in [0.15, 0.2) is 5.17 Å². The van der Waals surface area contributed by atoms with E-state index in [1.165, 1.54) is 4.90 Å². The molecule has 2 N–H and O–H groups in total. The van der Waals surface area contributed by atoms with E-state index in [1.807, 2.05) is 6.92 Å². The second-order valence-electron chi connectivity index (χ2n) is 9.51. The molecule has 1 unspecified atom stereocenters. The first-order valence-electron chi connectivity index (χ1n) is 13.4. The number of amidine groups is 1. The predicted molar refractivity (Wildman–Crippen MR) is 164 cm³/mol. The number of alkyl halides is 3. The van der Waals surface area contributed by atoms with Crippen molar-refractivity contribution in [1.82, 2.24) is 4.90 Å². The number of benzene rings is 3. The molecule has 15 heteroatoms. The van der Waals surface area contributed by atoms with Crippen molar-refractivity contribution in [3.63, 3.8) is 0 Å². The smallest absolute Gasteiger partial charge is 0.416 e. The fourth-order valence-corrected chi connectivity index (χ4v) is 5.41. The minimum absolute atomic E-state index is 0.0340. The van der Waals surface area contributed by atoms with Crippen molar-refractivity contribution >= 4 is 63.1 Å². The maximum Gasteiger partial charge on any atom is 0.416 e. The summed E-state index contributed by atoms with van der Waals surface area (Å²) < 4.78 is 44.7. The summed E-state index contributed by atoms with van der Waals surface area (Å²) >= 11 is 7.05. The van der Waals surface area contributed by atoms with Crippen LogP contribution in [0.2, 0.25) is 5.02 Å². The molecule has 1 atom stereocenters. The molecule has 2 amide bonds. The number of nitrogens with one attached hydrogen (secondary N) is 2. The molecular formula is C29H27ClF3N5O5S. The van der Waals surface area contributed by atoms with E-state index in [9.17, 15) is 32.9 Å². The van der Waals surface area contributed by atoms with Gasteiger partial charge in [-0.05, 0) is 67.1 Å². The number of nitro groups is 1. The van der Waals surface area contributed by atoms with Crippen molar-refractivity contribution in [3.8, 4) is 5.75 Å². The molecule has 10 nitrogen and oxygen atoms in total. The van der Waals surface area contributed by atoms with E-state index in [1.54, 1.807) is 48.5 Å². The van der Waals surface area contributed by atoms with Crippen molar-refractivity contribution in [2.75, 3.05) is 30.3 Å². The third kappa shape index (κ3) is 8.63. The minimum Gasteiger partial charge on any atom is -0.494 e. The first-order chi connectivity index (χ1) is 20.9. The Bertz CT molecular complexity index is 1540. The van der Waals surface area contributed by atoms with Crippen molar-refractivity contribution in [3.05, 3.63) is 87.4 Å². The number of anilines is 2. The number of halogens is 4. The summed E-state index contributed by atoms with van der Waals surface area (Å²) in [4.78, 5) is 42.7. The number of ether oxygens (including phenoxy) is 1. The Morgan fingerprint density at radius 1 is 1.14 bits per heavy atom. The van der Waals surface area contributed by atoms with Crippen LogP contribution in [0.25, 0.3) is 0 Å². The van der Waals surface area contributed by atoms with Crippen LogP contribution in [0.4, 0.5) is 35.9 Å². The van der Waals surface area contributed by atoms with Crippen molar-refractivity contribution in [2.45, 2.75) is 31.2 Å². The van der Waals surface area contributed by atoms with Crippen LogP contribution in [0.15, 0.2) is 71.7 Å². The van der Waals surface area contributed by atoms with Crippen LogP contribution in [0.5, 0.6) is 5.75 Å². The molecule has 44 heavy (non-hydrogen) atoms. The Morgan fingerprint density at radius 3 is 2.48 bits per heavy atom. The van der Waals surface area contributed by atoms with Gasteiger partial charge < -0.3 is 15.4 Å². The first kappa shape index (κ1) is 32.6. The summed E-state index contributed by atoms with van der Waals surface area (Å²) in [6, 6.07) is 15.6. The van der Waals surface area contributed by atoms with Crippen LogP contribution < -0.4 is 15.4 Å². The van der Waals surface area contributed by atoms with Gasteiger partial charge >= 0.3 is 6.18 Å². The lowest BCUT2D eigenvalue weighted by Crippen LogP contribution is -2.36. The lowest BCUT2D eigenvalue weighted by Gasteiger charge is -2.18. The highest BCUT2D eigenvalue weighted by atomic mass is 35.5. The van der Waals surface area contributed by atoms with Gasteiger partial charge in [-0.2, -0.15) is 13.2 Å². The molecule has 232 valence electrons. The van der Waals surface area contributed by atoms with E-state index in [0.29, 0.717) is 34.8 Å². The Morgan fingerprint density at radius 2 is 1.84 bits per heavy atom. The van der Waals surface area contributed by atoms with E-state index in [-0.39, 0.29) is 30.4 Å². The van der Waals surface area contributed by atoms with Gasteiger partial charge in [0.05, 0.1) is 22.8 Å². The van der Waals surface area contributed by atoms with Gasteiger partial charge in [0.2, 0.25) is 11.8 Å². The molecule has 3 aromatic rings. The number of hydrogen-bond acceptors (Lipinski definition) is 8. The van der Waals surface area contributed by atoms with Crippen LogP contribution in [0, 0.1) is 10.1 Å². The zero-order valence-corrected chi connectivity index (χ0v) is 24.8. The van der Waals surface area contributed by atoms with Crippen LogP contribution in [0.3, 0.4) is 0 Å². The van der Waals surface area contributed by atoms with E-state index in [2.05, 4.69) is 15.6 Å². The number of nitro benzene ring substituents is 1. The molecule has 1 fully saturated rings. The quantitative estimate of drug-likeness (QED) is 0.158. The number of aliphatic imine (C=N–C) groups is 1. The maximum absolute atomic E-state index is 13.4. The summed E-state index contributed by atoms with van der Waals surface area (Å²) in [5.41, 5.74) is -1.02. The Kier molecular flexibility index (Phi) is 10.7. The molecule has 0 aliphatic carbocycles. The van der Waals surface area contributed by atoms with Crippen molar-refractivity contribution in [2.24, 2.45) is 4.99 Å². The average Bonchev–Trinajstić information content (AvgIpc) is 3.26. The maximum atomic E-state index is 13.4. The van der Waals surface area contributed by atoms with Gasteiger partial charge in [-0.1, -0.05) is 30.3 Å². The summed E-state index contributed by atoms with van der Waals surface area (Å²) in [6.45, 7) is 2.47. The molecule has 0 bridgehead atoms. The largest absolute Gasteiger partial charge is 0.494 e. The van der Waals surface area contributed by atoms with E-state index in [4.69, 9.17) is 16.3 Å². The highest BCUT2D eigenvalue weighted by molar-refractivity contribution is 8.15. The van der Waals surface area contributed by atoms with Crippen LogP contribution >= 0.6 is 23.4 Å². The molecule has 0 radical (unpaired) electrons. The van der Waals surface area contributed by atoms with Gasteiger partial charge in [0, 0.05) is 36.3 Å². The van der Waals surface area contributed by atoms with Crippen LogP contribution in [0.1, 0.15) is 25.3 Å². The third-order valence-corrected chi connectivity index (χ3v) is 7.65. The zero-order chi connectivity index (χ0) is 31.9. The van der Waals surface area contributed by atoms with Gasteiger partial charge in [-0.3, -0.25) is 24.6 Å².